The number of nitrogens with one attached hydrogen (secondary N) is 1. The largest absolute Gasteiger partial charge is 0.482 e. The van der Waals surface area contributed by atoms with Crippen molar-refractivity contribution in [1.82, 2.24) is 0 Å². The van der Waals surface area contributed by atoms with Crippen LogP contribution in [0.25, 0.3) is 0 Å². The Morgan fingerprint density at radius 1 is 1.23 bits per heavy atom. The molecule has 2 rings (SSSR count). The van der Waals surface area contributed by atoms with Crippen LogP contribution in [0, 0.1) is 20.8 Å². The van der Waals surface area contributed by atoms with Crippen LogP contribution in [0.15, 0.2) is 24.3 Å². The molecule has 22 heavy (non-hydrogen) atoms. The van der Waals surface area contributed by atoms with Gasteiger partial charge in [0.25, 0.3) is 5.91 Å². The lowest BCUT2D eigenvalue weighted by Gasteiger charge is -2.10. The molecule has 0 unspecified atom stereocenters. The quantitative estimate of drug-likeness (QED) is 0.886. The van der Waals surface area contributed by atoms with E-state index in [4.69, 9.17) is 9.84 Å². The van der Waals surface area contributed by atoms with Crippen molar-refractivity contribution in [2.75, 3.05) is 11.9 Å². The van der Waals surface area contributed by atoms with E-state index in [-0.39, 0.29) is 5.91 Å². The molecule has 5 nitrogen and oxygen atoms in total. The van der Waals surface area contributed by atoms with Crippen molar-refractivity contribution in [3.8, 4) is 5.75 Å². The number of amides is 1. The fourth-order valence-electron chi connectivity index (χ4n) is 2.06. The molecule has 0 fully saturated rings. The van der Waals surface area contributed by atoms with Gasteiger partial charge in [0.05, 0.1) is 5.56 Å². The molecule has 0 aliphatic carbocycles. The molecule has 0 atom stereocenters. The van der Waals surface area contributed by atoms with Gasteiger partial charge in [0.2, 0.25) is 0 Å². The number of aryl methyl sites for hydroxylation is 3. The van der Waals surface area contributed by atoms with E-state index in [1.807, 2.05) is 26.8 Å². The molecule has 1 aromatic carbocycles. The summed E-state index contributed by atoms with van der Waals surface area (Å²) in [6, 6.07) is 6.91. The number of thiophene rings is 1. The zero-order chi connectivity index (χ0) is 16.3. The van der Waals surface area contributed by atoms with Gasteiger partial charge < -0.3 is 15.2 Å². The molecule has 0 aliphatic heterocycles. The minimum Gasteiger partial charge on any atom is -0.482 e. The van der Waals surface area contributed by atoms with Crippen LogP contribution in [0.5, 0.6) is 5.75 Å². The molecule has 1 aromatic heterocycles. The predicted octanol–water partition coefficient (Wildman–Crippen LogP) is 3.39. The number of hydrogen-bond acceptors (Lipinski definition) is 4. The first-order chi connectivity index (χ1) is 10.4. The van der Waals surface area contributed by atoms with Crippen molar-refractivity contribution < 1.29 is 19.4 Å². The molecule has 6 heteroatoms. The molecule has 0 saturated carbocycles. The summed E-state index contributed by atoms with van der Waals surface area (Å²) in [6.07, 6.45) is 0. The highest BCUT2D eigenvalue weighted by atomic mass is 32.1. The second kappa shape index (κ2) is 6.62. The standard InChI is InChI=1S/C16H17NO4S/c1-9-6-12(21-8-15(18)19)4-5-14(9)17-16(20)13-7-10(2)22-11(13)3/h4-7H,8H2,1-3H3,(H,17,20)(H,18,19). The predicted molar refractivity (Wildman–Crippen MR) is 86.1 cm³/mol. The average molecular weight is 319 g/mol. The van der Waals surface area contributed by atoms with Gasteiger partial charge in [0, 0.05) is 15.4 Å². The normalized spacial score (nSPS) is 10.3. The van der Waals surface area contributed by atoms with E-state index in [0.29, 0.717) is 17.0 Å². The van der Waals surface area contributed by atoms with Gasteiger partial charge in [-0.15, -0.1) is 11.3 Å². The fourth-order valence-corrected chi connectivity index (χ4v) is 2.98. The maximum Gasteiger partial charge on any atom is 0.341 e. The molecule has 0 saturated heterocycles. The van der Waals surface area contributed by atoms with E-state index < -0.39 is 12.6 Å². The topological polar surface area (TPSA) is 75.6 Å². The number of anilines is 1. The third-order valence-electron chi connectivity index (χ3n) is 3.09. The zero-order valence-electron chi connectivity index (χ0n) is 12.6. The van der Waals surface area contributed by atoms with E-state index in [0.717, 1.165) is 15.3 Å². The van der Waals surface area contributed by atoms with Crippen LogP contribution in [0.3, 0.4) is 0 Å². The second-order valence-electron chi connectivity index (χ2n) is 4.94. The smallest absolute Gasteiger partial charge is 0.341 e. The molecular formula is C16H17NO4S. The fraction of sp³-hybridized carbons (Fsp3) is 0.250. The SMILES string of the molecule is Cc1cc(C(=O)Nc2ccc(OCC(=O)O)cc2C)c(C)s1. The maximum absolute atomic E-state index is 12.3. The highest BCUT2D eigenvalue weighted by Gasteiger charge is 2.13. The second-order valence-corrected chi connectivity index (χ2v) is 6.40. The van der Waals surface area contributed by atoms with Gasteiger partial charge >= 0.3 is 5.97 Å². The third-order valence-corrected chi connectivity index (χ3v) is 4.06. The summed E-state index contributed by atoms with van der Waals surface area (Å²) in [7, 11) is 0. The molecule has 2 aromatic rings. The number of carbonyl (C=O) groups excluding carboxylic acids is 1. The number of rotatable bonds is 5. The molecule has 2 N–H and O–H groups in total. The van der Waals surface area contributed by atoms with Crippen molar-refractivity contribution in [1.29, 1.82) is 0 Å². The van der Waals surface area contributed by atoms with Crippen LogP contribution >= 0.6 is 11.3 Å². The van der Waals surface area contributed by atoms with Crippen LogP contribution in [0.2, 0.25) is 0 Å². The Morgan fingerprint density at radius 3 is 2.50 bits per heavy atom. The van der Waals surface area contributed by atoms with Gasteiger partial charge in [-0.2, -0.15) is 0 Å². The first-order valence-electron chi connectivity index (χ1n) is 6.70. The van der Waals surface area contributed by atoms with E-state index in [2.05, 4.69) is 5.32 Å². The average Bonchev–Trinajstić information content (AvgIpc) is 2.78. The number of aliphatic carboxylic acids is 1. The molecular weight excluding hydrogens is 302 g/mol. The Hall–Kier alpha value is -2.34. The van der Waals surface area contributed by atoms with Crippen molar-refractivity contribution in [2.45, 2.75) is 20.8 Å². The lowest BCUT2D eigenvalue weighted by molar-refractivity contribution is -0.139. The molecule has 116 valence electrons. The Morgan fingerprint density at radius 2 is 1.95 bits per heavy atom. The van der Waals surface area contributed by atoms with E-state index in [9.17, 15) is 9.59 Å². The highest BCUT2D eigenvalue weighted by molar-refractivity contribution is 7.12. The monoisotopic (exact) mass is 319 g/mol. The lowest BCUT2D eigenvalue weighted by Crippen LogP contribution is -2.13. The van der Waals surface area contributed by atoms with Crippen LogP contribution in [-0.4, -0.2) is 23.6 Å². The van der Waals surface area contributed by atoms with Crippen LogP contribution in [-0.2, 0) is 4.79 Å². The molecule has 1 heterocycles. The van der Waals surface area contributed by atoms with Gasteiger partial charge in [0.1, 0.15) is 5.75 Å². The Bertz CT molecular complexity index is 721. The van der Waals surface area contributed by atoms with Gasteiger partial charge in [0.15, 0.2) is 6.61 Å². The molecule has 0 bridgehead atoms. The van der Waals surface area contributed by atoms with Crippen LogP contribution < -0.4 is 10.1 Å². The lowest BCUT2D eigenvalue weighted by atomic mass is 10.1. The summed E-state index contributed by atoms with van der Waals surface area (Å²) in [6.45, 7) is 5.32. The maximum atomic E-state index is 12.3. The Labute approximate surface area is 132 Å². The Kier molecular flexibility index (Phi) is 4.82. The molecule has 0 spiro atoms. The van der Waals surface area contributed by atoms with Gasteiger partial charge in [-0.1, -0.05) is 0 Å². The molecule has 0 radical (unpaired) electrons. The summed E-state index contributed by atoms with van der Waals surface area (Å²) in [5.41, 5.74) is 2.16. The van der Waals surface area contributed by atoms with Crippen molar-refractivity contribution in [3.63, 3.8) is 0 Å². The van der Waals surface area contributed by atoms with Crippen LogP contribution in [0.1, 0.15) is 25.7 Å². The Balaban J connectivity index is 2.11. The number of carbonyl (C=O) groups is 2. The summed E-state index contributed by atoms with van der Waals surface area (Å²) in [4.78, 5) is 24.8. The number of carboxylic acid groups (broad SMARTS) is 1. The van der Waals surface area contributed by atoms with E-state index in [1.54, 1.807) is 29.5 Å². The van der Waals surface area contributed by atoms with Crippen LogP contribution in [0.4, 0.5) is 5.69 Å². The van der Waals surface area contributed by atoms with Gasteiger partial charge in [-0.25, -0.2) is 4.79 Å². The van der Waals surface area contributed by atoms with Crippen molar-refractivity contribution in [2.24, 2.45) is 0 Å². The number of carboxylic acids is 1. The summed E-state index contributed by atoms with van der Waals surface area (Å²) >= 11 is 1.59. The molecule has 1 amide bonds. The van der Waals surface area contributed by atoms with E-state index in [1.165, 1.54) is 0 Å². The van der Waals surface area contributed by atoms with E-state index >= 15 is 0 Å². The van der Waals surface area contributed by atoms with Gasteiger partial charge in [-0.05, 0) is 50.6 Å². The molecule has 0 aliphatic rings. The highest BCUT2D eigenvalue weighted by Crippen LogP contribution is 2.25. The van der Waals surface area contributed by atoms with Gasteiger partial charge in [-0.3, -0.25) is 4.79 Å². The van der Waals surface area contributed by atoms with Crippen molar-refractivity contribution >= 4 is 28.9 Å². The first-order valence-corrected chi connectivity index (χ1v) is 7.52. The number of hydrogen-bond donors (Lipinski definition) is 2. The number of benzene rings is 1. The number of ether oxygens (including phenoxy) is 1. The minimum atomic E-state index is -1.03. The zero-order valence-corrected chi connectivity index (χ0v) is 13.4. The first kappa shape index (κ1) is 16.0. The minimum absolute atomic E-state index is 0.149. The van der Waals surface area contributed by atoms with Crippen molar-refractivity contribution in [3.05, 3.63) is 45.1 Å². The summed E-state index contributed by atoms with van der Waals surface area (Å²) in [5, 5.41) is 11.5. The third kappa shape index (κ3) is 3.85. The summed E-state index contributed by atoms with van der Waals surface area (Å²) in [5.74, 6) is -0.719. The summed E-state index contributed by atoms with van der Waals surface area (Å²) < 4.78 is 5.10.